The molecular formula is C9H10BrIN4O. The van der Waals surface area contributed by atoms with Crippen LogP contribution in [0.4, 0.5) is 0 Å². The highest BCUT2D eigenvalue weighted by atomic mass is 127. The molecule has 0 aliphatic carbocycles. The molecule has 0 atom stereocenters. The van der Waals surface area contributed by atoms with Gasteiger partial charge >= 0.3 is 0 Å². The third-order valence-electron chi connectivity index (χ3n) is 1.61. The lowest BCUT2D eigenvalue weighted by Crippen LogP contribution is -2.21. The Morgan fingerprint density at radius 2 is 2.19 bits per heavy atom. The fraction of sp³-hybridized carbons (Fsp3) is 0.111. The molecule has 1 aromatic rings. The number of hydrogen-bond acceptors (Lipinski definition) is 3. The number of nitrogens with zero attached hydrogens (tertiary/aromatic N) is 2. The lowest BCUT2D eigenvalue weighted by atomic mass is 10.2. The van der Waals surface area contributed by atoms with Crippen molar-refractivity contribution in [1.82, 2.24) is 0 Å². The van der Waals surface area contributed by atoms with E-state index >= 15 is 0 Å². The third kappa shape index (κ3) is 3.63. The van der Waals surface area contributed by atoms with Crippen molar-refractivity contribution in [2.75, 3.05) is 7.11 Å². The third-order valence-corrected chi connectivity index (χ3v) is 2.87. The highest BCUT2D eigenvalue weighted by Crippen LogP contribution is 2.28. The Morgan fingerprint density at radius 3 is 2.75 bits per heavy atom. The summed E-state index contributed by atoms with van der Waals surface area (Å²) in [6.45, 7) is 0. The average molecular weight is 397 g/mol. The molecule has 0 heterocycles. The molecule has 0 amide bonds. The Bertz CT molecular complexity index is 443. The lowest BCUT2D eigenvalue weighted by Gasteiger charge is -2.07. The molecule has 0 saturated carbocycles. The van der Waals surface area contributed by atoms with Crippen LogP contribution in [0.15, 0.2) is 26.8 Å². The van der Waals surface area contributed by atoms with Crippen molar-refractivity contribution < 1.29 is 4.74 Å². The normalized spacial score (nSPS) is 10.4. The van der Waals surface area contributed by atoms with Crippen LogP contribution in [0.2, 0.25) is 0 Å². The number of methoxy groups -OCH3 is 1. The highest BCUT2D eigenvalue weighted by Gasteiger charge is 2.06. The van der Waals surface area contributed by atoms with Gasteiger partial charge in [-0.3, -0.25) is 0 Å². The molecule has 0 saturated heterocycles. The Hall–Kier alpha value is -0.830. The van der Waals surface area contributed by atoms with E-state index in [0.29, 0.717) is 0 Å². The summed E-state index contributed by atoms with van der Waals surface area (Å²) < 4.78 is 7.17. The van der Waals surface area contributed by atoms with Gasteiger partial charge in [0.05, 0.1) is 16.9 Å². The average Bonchev–Trinajstić information content (AvgIpc) is 2.16. The molecule has 4 N–H and O–H groups in total. The summed E-state index contributed by atoms with van der Waals surface area (Å²) in [5.74, 6) is 0.651. The number of benzene rings is 1. The van der Waals surface area contributed by atoms with Gasteiger partial charge in [-0.05, 0) is 34.7 Å². The van der Waals surface area contributed by atoms with Gasteiger partial charge in [-0.2, -0.15) is 5.10 Å². The van der Waals surface area contributed by atoms with Gasteiger partial charge in [-0.25, -0.2) is 0 Å². The fourth-order valence-corrected chi connectivity index (χ4v) is 2.82. The van der Waals surface area contributed by atoms with Gasteiger partial charge in [0.15, 0.2) is 0 Å². The van der Waals surface area contributed by atoms with E-state index in [2.05, 4.69) is 48.7 Å². The van der Waals surface area contributed by atoms with Crippen molar-refractivity contribution in [3.05, 3.63) is 25.7 Å². The van der Waals surface area contributed by atoms with E-state index in [9.17, 15) is 0 Å². The van der Waals surface area contributed by atoms with Gasteiger partial charge in [0.25, 0.3) is 0 Å². The van der Waals surface area contributed by atoms with E-state index in [0.717, 1.165) is 19.4 Å². The van der Waals surface area contributed by atoms with Crippen molar-refractivity contribution in [1.29, 1.82) is 0 Å². The number of hydrogen-bond donors (Lipinski definition) is 2. The van der Waals surface area contributed by atoms with Crippen LogP contribution in [-0.4, -0.2) is 19.3 Å². The predicted octanol–water partition coefficient (Wildman–Crippen LogP) is 1.67. The Morgan fingerprint density at radius 1 is 1.50 bits per heavy atom. The van der Waals surface area contributed by atoms with Crippen LogP contribution < -0.4 is 16.2 Å². The lowest BCUT2D eigenvalue weighted by molar-refractivity contribution is 0.411. The minimum atomic E-state index is -0.0834. The van der Waals surface area contributed by atoms with E-state index in [-0.39, 0.29) is 5.96 Å². The van der Waals surface area contributed by atoms with Crippen molar-refractivity contribution in [3.8, 4) is 5.75 Å². The minimum absolute atomic E-state index is 0.0834. The molecule has 0 bridgehead atoms. The molecular weight excluding hydrogens is 387 g/mol. The first kappa shape index (κ1) is 13.2. The number of ether oxygens (including phenoxy) is 1. The van der Waals surface area contributed by atoms with Gasteiger partial charge in [0, 0.05) is 10.0 Å². The quantitative estimate of drug-likeness (QED) is 0.352. The van der Waals surface area contributed by atoms with Gasteiger partial charge in [-0.1, -0.05) is 15.9 Å². The number of rotatable bonds is 3. The summed E-state index contributed by atoms with van der Waals surface area (Å²) >= 11 is 5.56. The Labute approximate surface area is 115 Å². The Kier molecular flexibility index (Phi) is 5.00. The van der Waals surface area contributed by atoms with E-state index < -0.39 is 0 Å². The molecule has 0 aliphatic heterocycles. The molecule has 7 heteroatoms. The minimum Gasteiger partial charge on any atom is -0.495 e. The second kappa shape index (κ2) is 6.04. The highest BCUT2D eigenvalue weighted by molar-refractivity contribution is 14.1. The standard InChI is InChI=1S/C9H10BrIN4O/c1-16-8-5(4-14-15-9(12)13)2-6(10)3-7(8)11/h2-4H,1H3,(H4,12,13,15). The monoisotopic (exact) mass is 396 g/mol. The molecule has 0 aromatic heterocycles. The van der Waals surface area contributed by atoms with Crippen LogP contribution in [0, 0.1) is 3.57 Å². The zero-order valence-electron chi connectivity index (χ0n) is 8.45. The molecule has 0 aliphatic rings. The summed E-state index contributed by atoms with van der Waals surface area (Å²) in [7, 11) is 1.60. The molecule has 1 rings (SSSR count). The first-order valence-electron chi connectivity index (χ1n) is 4.19. The Balaban J connectivity index is 3.12. The number of nitrogens with two attached hydrogens (primary N) is 2. The molecule has 0 radical (unpaired) electrons. The van der Waals surface area contributed by atoms with Crippen LogP contribution >= 0.6 is 38.5 Å². The predicted molar refractivity (Wildman–Crippen MR) is 76.8 cm³/mol. The summed E-state index contributed by atoms with van der Waals surface area (Å²) in [6.07, 6.45) is 1.53. The maximum absolute atomic E-state index is 5.26. The van der Waals surface area contributed by atoms with Gasteiger partial charge in [0.1, 0.15) is 5.75 Å². The van der Waals surface area contributed by atoms with Crippen molar-refractivity contribution in [2.45, 2.75) is 0 Å². The molecule has 5 nitrogen and oxygen atoms in total. The molecule has 16 heavy (non-hydrogen) atoms. The second-order valence-corrected chi connectivity index (χ2v) is 4.86. The molecule has 0 unspecified atom stereocenters. The van der Waals surface area contributed by atoms with Crippen LogP contribution in [0.25, 0.3) is 0 Å². The summed E-state index contributed by atoms with van der Waals surface area (Å²) in [6, 6.07) is 3.81. The van der Waals surface area contributed by atoms with E-state index in [4.69, 9.17) is 16.2 Å². The zero-order valence-corrected chi connectivity index (χ0v) is 12.2. The topological polar surface area (TPSA) is 86.0 Å². The van der Waals surface area contributed by atoms with E-state index in [1.807, 2.05) is 12.1 Å². The number of guanidine groups is 1. The maximum Gasteiger partial charge on any atom is 0.211 e. The van der Waals surface area contributed by atoms with Gasteiger partial charge in [0.2, 0.25) is 5.96 Å². The van der Waals surface area contributed by atoms with Crippen LogP contribution in [0.3, 0.4) is 0 Å². The first-order valence-corrected chi connectivity index (χ1v) is 6.06. The SMILES string of the molecule is COc1c(I)cc(Br)cc1C=NN=C(N)N. The van der Waals surface area contributed by atoms with E-state index in [1.165, 1.54) is 6.21 Å². The molecule has 0 spiro atoms. The summed E-state index contributed by atoms with van der Waals surface area (Å²) in [5, 5.41) is 7.26. The number of halogens is 2. The van der Waals surface area contributed by atoms with Crippen molar-refractivity contribution >= 4 is 50.7 Å². The maximum atomic E-state index is 5.26. The van der Waals surface area contributed by atoms with Crippen LogP contribution in [0.1, 0.15) is 5.56 Å². The largest absolute Gasteiger partial charge is 0.495 e. The van der Waals surface area contributed by atoms with Crippen LogP contribution in [0.5, 0.6) is 5.75 Å². The first-order chi connectivity index (χ1) is 7.54. The molecule has 86 valence electrons. The molecule has 0 fully saturated rings. The zero-order chi connectivity index (χ0) is 12.1. The van der Waals surface area contributed by atoms with Gasteiger partial charge in [-0.15, -0.1) is 5.10 Å². The summed E-state index contributed by atoms with van der Waals surface area (Å²) in [5.41, 5.74) is 11.1. The van der Waals surface area contributed by atoms with Crippen molar-refractivity contribution in [3.63, 3.8) is 0 Å². The second-order valence-electron chi connectivity index (χ2n) is 2.78. The van der Waals surface area contributed by atoms with E-state index in [1.54, 1.807) is 7.11 Å². The van der Waals surface area contributed by atoms with Gasteiger partial charge < -0.3 is 16.2 Å². The fourth-order valence-electron chi connectivity index (χ4n) is 1.05. The summed E-state index contributed by atoms with van der Waals surface area (Å²) in [4.78, 5) is 0. The smallest absolute Gasteiger partial charge is 0.211 e. The van der Waals surface area contributed by atoms with Crippen LogP contribution in [-0.2, 0) is 0 Å². The van der Waals surface area contributed by atoms with Crippen molar-refractivity contribution in [2.24, 2.45) is 21.7 Å². The molecule has 1 aromatic carbocycles.